The van der Waals surface area contributed by atoms with Crippen molar-refractivity contribution in [1.82, 2.24) is 0 Å². The van der Waals surface area contributed by atoms with E-state index in [1.54, 1.807) is 0 Å². The number of anilines is 2. The fourth-order valence-electron chi connectivity index (χ4n) is 8.11. The Balaban J connectivity index is 1.12. The lowest BCUT2D eigenvalue weighted by atomic mass is 9.76. The number of rotatable bonds is 4. The van der Waals surface area contributed by atoms with Crippen molar-refractivity contribution in [3.8, 4) is 44.5 Å². The quantitative estimate of drug-likeness (QED) is 0.210. The second-order valence-electron chi connectivity index (χ2n) is 15.6. The van der Waals surface area contributed by atoms with Gasteiger partial charge in [-0.3, -0.25) is 0 Å². The van der Waals surface area contributed by atoms with E-state index >= 15 is 0 Å². The molecule has 0 aromatic heterocycles. The van der Waals surface area contributed by atoms with Crippen molar-refractivity contribution in [2.24, 2.45) is 0 Å². The molecule has 8 rings (SSSR count). The van der Waals surface area contributed by atoms with Crippen LogP contribution < -0.4 is 5.32 Å². The maximum atomic E-state index is 3.68. The summed E-state index contributed by atoms with van der Waals surface area (Å²) in [4.78, 5) is 0. The van der Waals surface area contributed by atoms with Crippen molar-refractivity contribution >= 4 is 11.4 Å². The Bertz CT molecular complexity index is 2170. The second-order valence-corrected chi connectivity index (χ2v) is 15.6. The molecule has 0 heterocycles. The van der Waals surface area contributed by atoms with Gasteiger partial charge in [-0.1, -0.05) is 146 Å². The molecule has 6 aromatic carbocycles. The van der Waals surface area contributed by atoms with Gasteiger partial charge in [0.25, 0.3) is 0 Å². The van der Waals surface area contributed by atoms with Gasteiger partial charge in [0.2, 0.25) is 0 Å². The monoisotopic (exact) mass is 609 g/mol. The fourth-order valence-corrected chi connectivity index (χ4v) is 8.11. The Hall–Kier alpha value is -4.88. The molecule has 0 spiro atoms. The van der Waals surface area contributed by atoms with Crippen molar-refractivity contribution in [1.29, 1.82) is 0 Å². The van der Waals surface area contributed by atoms with Crippen LogP contribution in [0.5, 0.6) is 0 Å². The molecule has 1 nitrogen and oxygen atoms in total. The SMILES string of the molecule is CC(C)(C)c1cc(-c2ccccc2)c2c(c1)-c1ccc(-c3ccc(Nc4ccc5c(c4)C(C)(C)c4ccccc4-5)cc3)cc1C2(C)C. The van der Waals surface area contributed by atoms with E-state index < -0.39 is 0 Å². The third kappa shape index (κ3) is 4.67. The van der Waals surface area contributed by atoms with Crippen LogP contribution in [0.25, 0.3) is 44.5 Å². The zero-order chi connectivity index (χ0) is 32.7. The Labute approximate surface area is 280 Å². The Morgan fingerprint density at radius 1 is 0.426 bits per heavy atom. The van der Waals surface area contributed by atoms with Crippen LogP contribution in [0, 0.1) is 0 Å². The third-order valence-corrected chi connectivity index (χ3v) is 10.8. The van der Waals surface area contributed by atoms with E-state index in [4.69, 9.17) is 0 Å². The van der Waals surface area contributed by atoms with Crippen LogP contribution in [0.1, 0.15) is 76.3 Å². The zero-order valence-electron chi connectivity index (χ0n) is 28.6. The van der Waals surface area contributed by atoms with E-state index in [-0.39, 0.29) is 16.2 Å². The van der Waals surface area contributed by atoms with Gasteiger partial charge < -0.3 is 5.32 Å². The normalized spacial score (nSPS) is 15.0. The summed E-state index contributed by atoms with van der Waals surface area (Å²) in [6.07, 6.45) is 0. The largest absolute Gasteiger partial charge is 0.356 e. The van der Waals surface area contributed by atoms with E-state index in [2.05, 4.69) is 181 Å². The van der Waals surface area contributed by atoms with Crippen LogP contribution in [-0.2, 0) is 16.2 Å². The Morgan fingerprint density at radius 2 is 1.00 bits per heavy atom. The maximum Gasteiger partial charge on any atom is 0.0387 e. The molecule has 232 valence electrons. The number of hydrogen-bond acceptors (Lipinski definition) is 1. The van der Waals surface area contributed by atoms with Gasteiger partial charge in [0, 0.05) is 22.2 Å². The summed E-state index contributed by atoms with van der Waals surface area (Å²) >= 11 is 0. The van der Waals surface area contributed by atoms with Crippen molar-refractivity contribution < 1.29 is 0 Å². The molecule has 0 amide bonds. The summed E-state index contributed by atoms with van der Waals surface area (Å²) in [6, 6.07) is 47.5. The molecule has 2 aliphatic rings. The summed E-state index contributed by atoms with van der Waals surface area (Å²) in [5.41, 5.74) is 19.7. The first-order valence-electron chi connectivity index (χ1n) is 16.9. The number of hydrogen-bond donors (Lipinski definition) is 1. The van der Waals surface area contributed by atoms with E-state index in [1.807, 2.05) is 0 Å². The van der Waals surface area contributed by atoms with E-state index in [0.29, 0.717) is 0 Å². The average molecular weight is 610 g/mol. The highest BCUT2D eigenvalue weighted by Crippen LogP contribution is 2.54. The van der Waals surface area contributed by atoms with E-state index in [1.165, 1.54) is 72.3 Å². The van der Waals surface area contributed by atoms with Gasteiger partial charge in [-0.05, 0) is 108 Å². The highest BCUT2D eigenvalue weighted by atomic mass is 14.9. The van der Waals surface area contributed by atoms with Crippen LogP contribution >= 0.6 is 0 Å². The fraction of sp³-hybridized carbons (Fsp3) is 0.217. The third-order valence-electron chi connectivity index (χ3n) is 10.8. The molecule has 0 atom stereocenters. The van der Waals surface area contributed by atoms with Gasteiger partial charge in [-0.25, -0.2) is 0 Å². The zero-order valence-corrected chi connectivity index (χ0v) is 28.6. The van der Waals surface area contributed by atoms with Crippen LogP contribution in [-0.4, -0.2) is 0 Å². The molecule has 6 aromatic rings. The molecule has 0 unspecified atom stereocenters. The summed E-state index contributed by atoms with van der Waals surface area (Å²) in [5, 5.41) is 3.68. The van der Waals surface area contributed by atoms with Gasteiger partial charge in [0.05, 0.1) is 0 Å². The molecule has 0 fully saturated rings. The molecular weight excluding hydrogens is 567 g/mol. The highest BCUT2D eigenvalue weighted by Gasteiger charge is 2.39. The van der Waals surface area contributed by atoms with Crippen molar-refractivity contribution in [3.05, 3.63) is 155 Å². The summed E-state index contributed by atoms with van der Waals surface area (Å²) in [6.45, 7) is 16.4. The van der Waals surface area contributed by atoms with Crippen LogP contribution in [0.4, 0.5) is 11.4 Å². The highest BCUT2D eigenvalue weighted by molar-refractivity contribution is 5.90. The molecule has 0 radical (unpaired) electrons. The molecule has 0 saturated heterocycles. The lowest BCUT2D eigenvalue weighted by Gasteiger charge is -2.27. The molecule has 0 saturated carbocycles. The first-order chi connectivity index (χ1) is 22.4. The van der Waals surface area contributed by atoms with Gasteiger partial charge in [-0.15, -0.1) is 0 Å². The van der Waals surface area contributed by atoms with Gasteiger partial charge in [-0.2, -0.15) is 0 Å². The van der Waals surface area contributed by atoms with Crippen molar-refractivity contribution in [3.63, 3.8) is 0 Å². The van der Waals surface area contributed by atoms with Crippen LogP contribution in [0.3, 0.4) is 0 Å². The number of nitrogens with one attached hydrogen (secondary N) is 1. The first-order valence-corrected chi connectivity index (χ1v) is 16.9. The summed E-state index contributed by atoms with van der Waals surface area (Å²) < 4.78 is 0. The smallest absolute Gasteiger partial charge is 0.0387 e. The van der Waals surface area contributed by atoms with Crippen LogP contribution in [0.2, 0.25) is 0 Å². The molecule has 1 heteroatoms. The first kappa shape index (κ1) is 29.5. The second kappa shape index (κ2) is 10.3. The van der Waals surface area contributed by atoms with Gasteiger partial charge in [0.1, 0.15) is 0 Å². The minimum atomic E-state index is -0.120. The average Bonchev–Trinajstić information content (AvgIpc) is 3.44. The summed E-state index contributed by atoms with van der Waals surface area (Å²) in [7, 11) is 0. The molecule has 1 N–H and O–H groups in total. The van der Waals surface area contributed by atoms with E-state index in [9.17, 15) is 0 Å². The topological polar surface area (TPSA) is 12.0 Å². The number of benzene rings is 6. The molecule has 0 aliphatic heterocycles. The predicted molar refractivity (Wildman–Crippen MR) is 201 cm³/mol. The number of fused-ring (bicyclic) bond motifs is 6. The summed E-state index contributed by atoms with van der Waals surface area (Å²) in [5.74, 6) is 0. The van der Waals surface area contributed by atoms with Crippen molar-refractivity contribution in [2.75, 3.05) is 5.32 Å². The Kier molecular flexibility index (Phi) is 6.48. The van der Waals surface area contributed by atoms with Crippen molar-refractivity contribution in [2.45, 2.75) is 64.7 Å². The Morgan fingerprint density at radius 3 is 1.74 bits per heavy atom. The van der Waals surface area contributed by atoms with Gasteiger partial charge >= 0.3 is 0 Å². The molecule has 0 bridgehead atoms. The lowest BCUT2D eigenvalue weighted by Crippen LogP contribution is -2.18. The minimum Gasteiger partial charge on any atom is -0.356 e. The standard InChI is InChI=1S/C46H43N/c1-44(2,3)32-26-38(30-13-9-8-10-14-30)43-39(27-32)37-23-19-31(25-41(37)46(43,6)7)29-17-20-33(21-18-29)47-34-22-24-36-35-15-11-12-16-40(35)45(4,5)42(36)28-34/h8-28,47H,1-7H3. The molecular formula is C46H43N. The maximum absolute atomic E-state index is 3.68. The van der Waals surface area contributed by atoms with E-state index in [0.717, 1.165) is 11.4 Å². The molecule has 47 heavy (non-hydrogen) atoms. The minimum absolute atomic E-state index is 0.00927. The van der Waals surface area contributed by atoms with Gasteiger partial charge in [0.15, 0.2) is 0 Å². The molecule has 2 aliphatic carbocycles. The predicted octanol–water partition coefficient (Wildman–Crippen LogP) is 12.7. The lowest BCUT2D eigenvalue weighted by molar-refractivity contribution is 0.589. The van der Waals surface area contributed by atoms with Crippen LogP contribution in [0.15, 0.2) is 127 Å².